The van der Waals surface area contributed by atoms with Crippen molar-refractivity contribution in [1.82, 2.24) is 5.32 Å². The summed E-state index contributed by atoms with van der Waals surface area (Å²) in [5.74, 6) is 3.10. The van der Waals surface area contributed by atoms with Crippen LogP contribution in [0.4, 0.5) is 0 Å². The summed E-state index contributed by atoms with van der Waals surface area (Å²) in [6.07, 6.45) is 1.06. The van der Waals surface area contributed by atoms with Gasteiger partial charge in [-0.2, -0.15) is 11.8 Å². The second-order valence-corrected chi connectivity index (χ2v) is 6.50. The average Bonchev–Trinajstić information content (AvgIpc) is 2.38. The fraction of sp³-hybridized carbons (Fsp3) is 0.600. The third-order valence-electron chi connectivity index (χ3n) is 2.61. The lowest BCUT2D eigenvalue weighted by Gasteiger charge is -2.11. The summed E-state index contributed by atoms with van der Waals surface area (Å²) in [4.78, 5) is 0. The third kappa shape index (κ3) is 7.09. The predicted molar refractivity (Wildman–Crippen MR) is 86.5 cm³/mol. The minimum Gasteiger partial charge on any atom is -0.492 e. The average molecular weight is 302 g/mol. The monoisotopic (exact) mass is 301 g/mol. The molecule has 1 aromatic rings. The van der Waals surface area contributed by atoms with E-state index in [0.717, 1.165) is 36.8 Å². The van der Waals surface area contributed by atoms with E-state index in [0.29, 0.717) is 11.1 Å². The molecule has 1 aromatic carbocycles. The van der Waals surface area contributed by atoms with E-state index in [4.69, 9.17) is 16.3 Å². The summed E-state index contributed by atoms with van der Waals surface area (Å²) in [6, 6.07) is 6.49. The van der Waals surface area contributed by atoms with Crippen LogP contribution < -0.4 is 10.1 Å². The molecule has 0 atom stereocenters. The van der Waals surface area contributed by atoms with E-state index in [-0.39, 0.29) is 0 Å². The zero-order valence-corrected chi connectivity index (χ0v) is 13.6. The van der Waals surface area contributed by atoms with E-state index in [1.807, 2.05) is 23.9 Å². The van der Waals surface area contributed by atoms with Crippen LogP contribution in [0.5, 0.6) is 5.75 Å². The van der Waals surface area contributed by atoms with Crippen molar-refractivity contribution in [3.05, 3.63) is 28.8 Å². The highest BCUT2D eigenvalue weighted by atomic mass is 35.5. The third-order valence-corrected chi connectivity index (χ3v) is 3.89. The van der Waals surface area contributed by atoms with Crippen molar-refractivity contribution in [2.24, 2.45) is 0 Å². The van der Waals surface area contributed by atoms with Crippen LogP contribution >= 0.6 is 23.4 Å². The lowest BCUT2D eigenvalue weighted by Crippen LogP contribution is -2.21. The number of thioether (sulfide) groups is 1. The maximum atomic E-state index is 6.23. The van der Waals surface area contributed by atoms with Crippen LogP contribution in [-0.2, 0) is 6.54 Å². The van der Waals surface area contributed by atoms with Crippen LogP contribution in [0.15, 0.2) is 18.2 Å². The first-order valence-electron chi connectivity index (χ1n) is 6.85. The van der Waals surface area contributed by atoms with Crippen LogP contribution in [0, 0.1) is 0 Å². The summed E-state index contributed by atoms with van der Waals surface area (Å²) < 4.78 is 5.70. The molecule has 108 valence electrons. The normalized spacial score (nSPS) is 11.0. The lowest BCUT2D eigenvalue weighted by molar-refractivity contribution is 0.319. The number of hydrogen-bond acceptors (Lipinski definition) is 3. The summed E-state index contributed by atoms with van der Waals surface area (Å²) in [5, 5.41) is 4.07. The molecule has 0 saturated carbocycles. The molecule has 0 aromatic heterocycles. The number of hydrogen-bond donors (Lipinski definition) is 1. The fourth-order valence-electron chi connectivity index (χ4n) is 1.58. The van der Waals surface area contributed by atoms with E-state index in [2.05, 4.69) is 32.2 Å². The van der Waals surface area contributed by atoms with Gasteiger partial charge in [-0.25, -0.2) is 0 Å². The second kappa shape index (κ2) is 9.51. The van der Waals surface area contributed by atoms with E-state index in [1.165, 1.54) is 5.56 Å². The predicted octanol–water partition coefficient (Wildman–Crippen LogP) is 4.36. The van der Waals surface area contributed by atoms with Crippen LogP contribution in [0.25, 0.3) is 0 Å². The quantitative estimate of drug-likeness (QED) is 0.685. The van der Waals surface area contributed by atoms with Gasteiger partial charge in [-0.05, 0) is 35.6 Å². The Balaban J connectivity index is 2.39. The first-order valence-corrected chi connectivity index (χ1v) is 8.39. The van der Waals surface area contributed by atoms with Crippen molar-refractivity contribution in [2.45, 2.75) is 39.8 Å². The van der Waals surface area contributed by atoms with Gasteiger partial charge in [0.1, 0.15) is 5.75 Å². The molecule has 0 spiro atoms. The Hall–Kier alpha value is -0.380. The molecule has 0 heterocycles. The highest BCUT2D eigenvalue weighted by Crippen LogP contribution is 2.25. The van der Waals surface area contributed by atoms with Crippen LogP contribution in [-0.4, -0.2) is 24.2 Å². The maximum absolute atomic E-state index is 6.23. The smallest absolute Gasteiger partial charge is 0.137 e. The summed E-state index contributed by atoms with van der Waals surface area (Å²) in [5.41, 5.74) is 1.19. The molecule has 2 nitrogen and oxygen atoms in total. The molecule has 0 fully saturated rings. The van der Waals surface area contributed by atoms with Gasteiger partial charge in [0, 0.05) is 12.6 Å². The standard InChI is InChI=1S/C15H24ClNOS/c1-4-19-9-5-8-18-15-7-6-13(10-14(15)16)11-17-12(2)3/h6-7,10,12,17H,4-5,8-9,11H2,1-3H3. The zero-order chi connectivity index (χ0) is 14.1. The molecule has 0 aliphatic carbocycles. The maximum Gasteiger partial charge on any atom is 0.137 e. The molecule has 4 heteroatoms. The lowest BCUT2D eigenvalue weighted by atomic mass is 10.2. The highest BCUT2D eigenvalue weighted by molar-refractivity contribution is 7.99. The van der Waals surface area contributed by atoms with Gasteiger partial charge >= 0.3 is 0 Å². The Morgan fingerprint density at radius 2 is 2.16 bits per heavy atom. The van der Waals surface area contributed by atoms with Gasteiger partial charge < -0.3 is 10.1 Å². The first kappa shape index (κ1) is 16.7. The van der Waals surface area contributed by atoms with Crippen molar-refractivity contribution >= 4 is 23.4 Å². The minimum atomic E-state index is 0.478. The van der Waals surface area contributed by atoms with Crippen molar-refractivity contribution in [1.29, 1.82) is 0 Å². The Bertz CT molecular complexity index is 371. The number of halogens is 1. The van der Waals surface area contributed by atoms with E-state index in [1.54, 1.807) is 0 Å². The zero-order valence-electron chi connectivity index (χ0n) is 12.0. The highest BCUT2D eigenvalue weighted by Gasteiger charge is 2.03. The van der Waals surface area contributed by atoms with Gasteiger partial charge in [-0.15, -0.1) is 0 Å². The number of nitrogens with one attached hydrogen (secondary N) is 1. The fourth-order valence-corrected chi connectivity index (χ4v) is 2.45. The number of benzene rings is 1. The molecule has 1 N–H and O–H groups in total. The van der Waals surface area contributed by atoms with Gasteiger partial charge in [-0.3, -0.25) is 0 Å². The van der Waals surface area contributed by atoms with Crippen LogP contribution in [0.1, 0.15) is 32.8 Å². The minimum absolute atomic E-state index is 0.478. The van der Waals surface area contributed by atoms with Crippen molar-refractivity contribution < 1.29 is 4.74 Å². The first-order chi connectivity index (χ1) is 9.13. The molecule has 0 aliphatic rings. The molecule has 0 radical (unpaired) electrons. The molecule has 0 unspecified atom stereocenters. The van der Waals surface area contributed by atoms with Gasteiger partial charge in [0.05, 0.1) is 11.6 Å². The summed E-state index contributed by atoms with van der Waals surface area (Å²) >= 11 is 8.16. The molecular weight excluding hydrogens is 278 g/mol. The molecule has 0 saturated heterocycles. The summed E-state index contributed by atoms with van der Waals surface area (Å²) in [6.45, 7) is 8.01. The molecule has 0 bridgehead atoms. The van der Waals surface area contributed by atoms with Crippen molar-refractivity contribution in [2.75, 3.05) is 18.1 Å². The number of ether oxygens (including phenoxy) is 1. The van der Waals surface area contributed by atoms with Gasteiger partial charge in [0.25, 0.3) is 0 Å². The Morgan fingerprint density at radius 1 is 1.37 bits per heavy atom. The molecule has 1 rings (SSSR count). The largest absolute Gasteiger partial charge is 0.492 e. The van der Waals surface area contributed by atoms with E-state index in [9.17, 15) is 0 Å². The molecule has 0 aliphatic heterocycles. The van der Waals surface area contributed by atoms with Crippen molar-refractivity contribution in [3.8, 4) is 5.75 Å². The Labute approximate surface area is 126 Å². The van der Waals surface area contributed by atoms with Gasteiger partial charge in [-0.1, -0.05) is 38.4 Å². The topological polar surface area (TPSA) is 21.3 Å². The second-order valence-electron chi connectivity index (χ2n) is 4.70. The van der Waals surface area contributed by atoms with Crippen LogP contribution in [0.2, 0.25) is 5.02 Å². The molecular formula is C15H24ClNOS. The van der Waals surface area contributed by atoms with Crippen molar-refractivity contribution in [3.63, 3.8) is 0 Å². The molecule has 19 heavy (non-hydrogen) atoms. The Kier molecular flexibility index (Phi) is 8.35. The van der Waals surface area contributed by atoms with E-state index < -0.39 is 0 Å². The van der Waals surface area contributed by atoms with Gasteiger partial charge in [0.15, 0.2) is 0 Å². The van der Waals surface area contributed by atoms with Gasteiger partial charge in [0.2, 0.25) is 0 Å². The number of rotatable bonds is 9. The molecule has 0 amide bonds. The SMILES string of the molecule is CCSCCCOc1ccc(CNC(C)C)cc1Cl. The van der Waals surface area contributed by atoms with E-state index >= 15 is 0 Å². The summed E-state index contributed by atoms with van der Waals surface area (Å²) in [7, 11) is 0. The van der Waals surface area contributed by atoms with Crippen LogP contribution in [0.3, 0.4) is 0 Å². The Morgan fingerprint density at radius 3 is 2.79 bits per heavy atom.